The quantitative estimate of drug-likeness (QED) is 0.359. The summed E-state index contributed by atoms with van der Waals surface area (Å²) < 4.78 is 5.92. The molecule has 0 atom stereocenters. The lowest BCUT2D eigenvalue weighted by molar-refractivity contribution is -0.385. The first-order valence-electron chi connectivity index (χ1n) is 9.59. The molecule has 0 bridgehead atoms. The Labute approximate surface area is 172 Å². The van der Waals surface area contributed by atoms with Gasteiger partial charge in [0.1, 0.15) is 11.8 Å². The second kappa shape index (κ2) is 7.40. The van der Waals surface area contributed by atoms with Crippen LogP contribution in [0.3, 0.4) is 0 Å². The molecule has 0 amide bonds. The van der Waals surface area contributed by atoms with Crippen LogP contribution >= 0.6 is 0 Å². The van der Waals surface area contributed by atoms with E-state index in [4.69, 9.17) is 4.74 Å². The zero-order valence-electron chi connectivity index (χ0n) is 15.9. The van der Waals surface area contributed by atoms with Crippen molar-refractivity contribution < 1.29 is 9.66 Å². The van der Waals surface area contributed by atoms with Gasteiger partial charge in [-0.3, -0.25) is 15.1 Å². The number of hydrogen-bond donors (Lipinski definition) is 0. The van der Waals surface area contributed by atoms with Gasteiger partial charge in [0.15, 0.2) is 5.75 Å². The molecule has 0 saturated carbocycles. The lowest BCUT2D eigenvalue weighted by Crippen LogP contribution is -2.26. The Bertz CT molecular complexity index is 1260. The molecule has 2 aromatic heterocycles. The molecule has 4 aromatic rings. The SMILES string of the molecule is O=[N+]([O-])c1c(Oc2cccc3cccnc23)ncnc1N1CCCc2ccccc21. The lowest BCUT2D eigenvalue weighted by atomic mass is 10.0. The summed E-state index contributed by atoms with van der Waals surface area (Å²) in [5, 5.41) is 12.9. The van der Waals surface area contributed by atoms with Crippen molar-refractivity contribution in [2.24, 2.45) is 0 Å². The van der Waals surface area contributed by atoms with Crippen LogP contribution in [-0.2, 0) is 6.42 Å². The highest BCUT2D eigenvalue weighted by Crippen LogP contribution is 2.42. The minimum atomic E-state index is -0.486. The van der Waals surface area contributed by atoms with Gasteiger partial charge in [-0.25, -0.2) is 4.98 Å². The largest absolute Gasteiger partial charge is 0.431 e. The Balaban J connectivity index is 1.62. The standard InChI is InChI=1S/C22H17N5O3/c28-27(29)20-21(26-13-5-9-15-6-1-2-10-17(15)26)24-14-25-22(20)30-18-11-3-7-16-8-4-12-23-19(16)18/h1-4,6-8,10-12,14H,5,9,13H2. The number of anilines is 2. The zero-order chi connectivity index (χ0) is 20.5. The van der Waals surface area contributed by atoms with Crippen LogP contribution in [0.5, 0.6) is 11.6 Å². The first-order valence-corrected chi connectivity index (χ1v) is 9.59. The zero-order valence-corrected chi connectivity index (χ0v) is 15.9. The number of aryl methyl sites for hydroxylation is 1. The van der Waals surface area contributed by atoms with Crippen LogP contribution in [0.25, 0.3) is 10.9 Å². The fourth-order valence-electron chi connectivity index (χ4n) is 3.80. The van der Waals surface area contributed by atoms with Gasteiger partial charge < -0.3 is 9.64 Å². The number of para-hydroxylation sites is 2. The molecule has 1 aliphatic rings. The highest BCUT2D eigenvalue weighted by molar-refractivity contribution is 5.84. The predicted molar refractivity (Wildman–Crippen MR) is 112 cm³/mol. The molecule has 8 heteroatoms. The average molecular weight is 399 g/mol. The molecule has 8 nitrogen and oxygen atoms in total. The minimum Gasteiger partial charge on any atom is -0.431 e. The van der Waals surface area contributed by atoms with Gasteiger partial charge >= 0.3 is 11.6 Å². The molecule has 148 valence electrons. The Morgan fingerprint density at radius 1 is 1.00 bits per heavy atom. The van der Waals surface area contributed by atoms with E-state index < -0.39 is 4.92 Å². The summed E-state index contributed by atoms with van der Waals surface area (Å²) in [6.07, 6.45) is 4.76. The number of aromatic nitrogens is 3. The van der Waals surface area contributed by atoms with E-state index >= 15 is 0 Å². The number of hydrogen-bond acceptors (Lipinski definition) is 7. The normalized spacial score (nSPS) is 13.1. The van der Waals surface area contributed by atoms with E-state index in [9.17, 15) is 10.1 Å². The van der Waals surface area contributed by atoms with Crippen LogP contribution < -0.4 is 9.64 Å². The maximum absolute atomic E-state index is 12.1. The van der Waals surface area contributed by atoms with E-state index in [1.165, 1.54) is 6.33 Å². The molecule has 0 aliphatic carbocycles. The van der Waals surface area contributed by atoms with Gasteiger partial charge in [0.25, 0.3) is 0 Å². The van der Waals surface area contributed by atoms with Gasteiger partial charge in [0, 0.05) is 23.8 Å². The van der Waals surface area contributed by atoms with Crippen molar-refractivity contribution in [3.05, 3.63) is 82.8 Å². The van der Waals surface area contributed by atoms with E-state index in [0.29, 0.717) is 17.8 Å². The van der Waals surface area contributed by atoms with E-state index in [2.05, 4.69) is 15.0 Å². The number of ether oxygens (including phenoxy) is 1. The molecule has 0 unspecified atom stereocenters. The smallest absolute Gasteiger partial charge is 0.373 e. The summed E-state index contributed by atoms with van der Waals surface area (Å²) >= 11 is 0. The molecule has 3 heterocycles. The fourth-order valence-corrected chi connectivity index (χ4v) is 3.80. The van der Waals surface area contributed by atoms with Crippen molar-refractivity contribution in [1.82, 2.24) is 15.0 Å². The Morgan fingerprint density at radius 3 is 2.77 bits per heavy atom. The number of nitro groups is 1. The summed E-state index contributed by atoms with van der Waals surface area (Å²) in [5.74, 6) is 0.524. The van der Waals surface area contributed by atoms with Gasteiger partial charge in [-0.05, 0) is 36.6 Å². The summed E-state index contributed by atoms with van der Waals surface area (Å²) in [7, 11) is 0. The topological polar surface area (TPSA) is 94.3 Å². The number of fused-ring (bicyclic) bond motifs is 2. The van der Waals surface area contributed by atoms with Crippen LogP contribution in [0.1, 0.15) is 12.0 Å². The number of nitrogens with zero attached hydrogens (tertiary/aromatic N) is 5. The van der Waals surface area contributed by atoms with Gasteiger partial charge in [0.2, 0.25) is 5.82 Å². The molecule has 0 N–H and O–H groups in total. The number of pyridine rings is 1. The van der Waals surface area contributed by atoms with Gasteiger partial charge in [-0.15, -0.1) is 0 Å². The van der Waals surface area contributed by atoms with Crippen molar-refractivity contribution in [1.29, 1.82) is 0 Å². The van der Waals surface area contributed by atoms with Crippen molar-refractivity contribution in [3.8, 4) is 11.6 Å². The lowest BCUT2D eigenvalue weighted by Gasteiger charge is -2.29. The van der Waals surface area contributed by atoms with Crippen LogP contribution in [0.15, 0.2) is 67.1 Å². The van der Waals surface area contributed by atoms with Crippen molar-refractivity contribution in [2.75, 3.05) is 11.4 Å². The van der Waals surface area contributed by atoms with Crippen molar-refractivity contribution in [2.45, 2.75) is 12.8 Å². The van der Waals surface area contributed by atoms with Gasteiger partial charge in [-0.2, -0.15) is 4.98 Å². The molecule has 5 rings (SSSR count). The first-order chi connectivity index (χ1) is 14.7. The molecular formula is C22H17N5O3. The highest BCUT2D eigenvalue weighted by atomic mass is 16.6. The monoisotopic (exact) mass is 399 g/mol. The Morgan fingerprint density at radius 2 is 1.87 bits per heavy atom. The Hall–Kier alpha value is -4.07. The van der Waals surface area contributed by atoms with Crippen LogP contribution in [0, 0.1) is 10.1 Å². The van der Waals surface area contributed by atoms with Crippen molar-refractivity contribution >= 4 is 28.1 Å². The number of rotatable bonds is 4. The maximum atomic E-state index is 12.1. The molecule has 0 fully saturated rings. The van der Waals surface area contributed by atoms with Crippen molar-refractivity contribution in [3.63, 3.8) is 0 Å². The van der Waals surface area contributed by atoms with E-state index in [1.807, 2.05) is 53.4 Å². The summed E-state index contributed by atoms with van der Waals surface area (Å²) in [4.78, 5) is 26.1. The minimum absolute atomic E-state index is 0.105. The molecule has 0 saturated heterocycles. The molecule has 1 aliphatic heterocycles. The van der Waals surface area contributed by atoms with Crippen LogP contribution in [-0.4, -0.2) is 26.4 Å². The van der Waals surface area contributed by atoms with Gasteiger partial charge in [-0.1, -0.05) is 36.4 Å². The summed E-state index contributed by atoms with van der Waals surface area (Å²) in [5.41, 5.74) is 2.40. The highest BCUT2D eigenvalue weighted by Gasteiger charge is 2.31. The molecular weight excluding hydrogens is 382 g/mol. The Kier molecular flexibility index (Phi) is 4.44. The average Bonchev–Trinajstić information content (AvgIpc) is 2.78. The summed E-state index contributed by atoms with van der Waals surface area (Å²) in [6.45, 7) is 0.629. The van der Waals surface area contributed by atoms with Crippen LogP contribution in [0.4, 0.5) is 17.2 Å². The molecule has 0 spiro atoms. The summed E-state index contributed by atoms with van der Waals surface area (Å²) in [6, 6.07) is 17.0. The molecule has 2 aromatic carbocycles. The van der Waals surface area contributed by atoms with E-state index in [0.717, 1.165) is 29.5 Å². The fraction of sp³-hybridized carbons (Fsp3) is 0.136. The molecule has 30 heavy (non-hydrogen) atoms. The first kappa shape index (κ1) is 18.0. The third-order valence-electron chi connectivity index (χ3n) is 5.12. The van der Waals surface area contributed by atoms with E-state index in [1.54, 1.807) is 12.3 Å². The van der Waals surface area contributed by atoms with E-state index in [-0.39, 0.29) is 17.4 Å². The maximum Gasteiger partial charge on any atom is 0.373 e. The van der Waals surface area contributed by atoms with Gasteiger partial charge in [0.05, 0.1) is 4.92 Å². The molecule has 0 radical (unpaired) electrons. The second-order valence-corrected chi connectivity index (χ2v) is 6.93. The third kappa shape index (κ3) is 3.08. The van der Waals surface area contributed by atoms with Crippen LogP contribution in [0.2, 0.25) is 0 Å². The predicted octanol–water partition coefficient (Wildman–Crippen LogP) is 4.81. The number of benzene rings is 2. The second-order valence-electron chi connectivity index (χ2n) is 6.93. The third-order valence-corrected chi connectivity index (χ3v) is 5.12.